The van der Waals surface area contributed by atoms with Crippen molar-refractivity contribution in [2.45, 2.75) is 58.1 Å². The second kappa shape index (κ2) is 4.88. The van der Waals surface area contributed by atoms with Gasteiger partial charge in [0.1, 0.15) is 17.5 Å². The summed E-state index contributed by atoms with van der Waals surface area (Å²) in [5, 5.41) is 16.6. The van der Waals surface area contributed by atoms with Gasteiger partial charge in [0.15, 0.2) is 0 Å². The molecule has 2 saturated carbocycles. The van der Waals surface area contributed by atoms with Crippen LogP contribution in [0, 0.1) is 5.41 Å². The van der Waals surface area contributed by atoms with E-state index in [0.29, 0.717) is 5.92 Å². The monoisotopic (exact) mass is 276 g/mol. The zero-order valence-electron chi connectivity index (χ0n) is 12.5. The van der Waals surface area contributed by atoms with Crippen LogP contribution in [0.5, 0.6) is 0 Å². The fourth-order valence-electron chi connectivity index (χ4n) is 2.66. The van der Waals surface area contributed by atoms with Crippen molar-refractivity contribution in [3.63, 3.8) is 0 Å². The molecule has 0 amide bonds. The lowest BCUT2D eigenvalue weighted by molar-refractivity contribution is -0.0511. The second-order valence-corrected chi connectivity index (χ2v) is 6.57. The molecule has 5 heteroatoms. The van der Waals surface area contributed by atoms with Gasteiger partial charge in [0, 0.05) is 30.0 Å². The highest BCUT2D eigenvalue weighted by molar-refractivity contribution is 5.49. The minimum absolute atomic E-state index is 0.0942. The van der Waals surface area contributed by atoms with E-state index in [1.54, 1.807) is 0 Å². The number of aliphatic hydroxyl groups excluding tert-OH is 1. The van der Waals surface area contributed by atoms with Crippen LogP contribution in [0.15, 0.2) is 6.07 Å². The molecule has 2 unspecified atom stereocenters. The SMILES string of the molecule is CCNc1cc(NC2CC(O)C2(C)C)nc(C2CC2)n1. The Morgan fingerprint density at radius 2 is 2.00 bits per heavy atom. The Balaban J connectivity index is 1.78. The van der Waals surface area contributed by atoms with Crippen molar-refractivity contribution in [1.29, 1.82) is 0 Å². The summed E-state index contributed by atoms with van der Waals surface area (Å²) in [4.78, 5) is 9.22. The minimum atomic E-state index is -0.224. The van der Waals surface area contributed by atoms with Gasteiger partial charge in [0.05, 0.1) is 6.10 Å². The minimum Gasteiger partial charge on any atom is -0.392 e. The fraction of sp³-hybridized carbons (Fsp3) is 0.733. The number of nitrogens with zero attached hydrogens (tertiary/aromatic N) is 2. The Hall–Kier alpha value is -1.36. The van der Waals surface area contributed by atoms with Crippen LogP contribution < -0.4 is 10.6 Å². The van der Waals surface area contributed by atoms with E-state index in [0.717, 1.165) is 30.4 Å². The molecule has 3 rings (SSSR count). The zero-order chi connectivity index (χ0) is 14.3. The predicted octanol–water partition coefficient (Wildman–Crippen LogP) is 2.36. The molecule has 0 bridgehead atoms. The predicted molar refractivity (Wildman–Crippen MR) is 80.0 cm³/mol. The molecule has 2 aliphatic carbocycles. The molecular formula is C15H24N4O. The third kappa shape index (κ3) is 2.46. The molecule has 2 atom stereocenters. The average molecular weight is 276 g/mol. The summed E-state index contributed by atoms with van der Waals surface area (Å²) in [6, 6.07) is 2.24. The van der Waals surface area contributed by atoms with Crippen LogP contribution in [0.25, 0.3) is 0 Å². The summed E-state index contributed by atoms with van der Waals surface area (Å²) in [6.45, 7) is 7.10. The van der Waals surface area contributed by atoms with E-state index in [9.17, 15) is 5.11 Å². The van der Waals surface area contributed by atoms with Crippen molar-refractivity contribution in [1.82, 2.24) is 9.97 Å². The largest absolute Gasteiger partial charge is 0.392 e. The van der Waals surface area contributed by atoms with Crippen LogP contribution in [0.4, 0.5) is 11.6 Å². The normalized spacial score (nSPS) is 27.8. The summed E-state index contributed by atoms with van der Waals surface area (Å²) in [5.41, 5.74) is -0.0942. The van der Waals surface area contributed by atoms with Crippen LogP contribution in [0.3, 0.4) is 0 Å². The Morgan fingerprint density at radius 3 is 2.55 bits per heavy atom. The molecule has 2 aliphatic rings. The molecule has 0 aliphatic heterocycles. The molecule has 110 valence electrons. The molecule has 20 heavy (non-hydrogen) atoms. The lowest BCUT2D eigenvalue weighted by atomic mass is 9.64. The van der Waals surface area contributed by atoms with Gasteiger partial charge in [-0.2, -0.15) is 0 Å². The Bertz CT molecular complexity index is 499. The van der Waals surface area contributed by atoms with Crippen LogP contribution in [0.2, 0.25) is 0 Å². The van der Waals surface area contributed by atoms with E-state index >= 15 is 0 Å². The smallest absolute Gasteiger partial charge is 0.136 e. The second-order valence-electron chi connectivity index (χ2n) is 6.57. The summed E-state index contributed by atoms with van der Waals surface area (Å²) in [6.07, 6.45) is 2.95. The highest BCUT2D eigenvalue weighted by atomic mass is 16.3. The molecule has 1 heterocycles. The maximum Gasteiger partial charge on any atom is 0.136 e. The third-order valence-corrected chi connectivity index (χ3v) is 4.58. The van der Waals surface area contributed by atoms with Gasteiger partial charge in [0.2, 0.25) is 0 Å². The maximum absolute atomic E-state index is 9.83. The van der Waals surface area contributed by atoms with Crippen molar-refractivity contribution in [3.05, 3.63) is 11.9 Å². The molecule has 5 nitrogen and oxygen atoms in total. The summed E-state index contributed by atoms with van der Waals surface area (Å²) in [5.74, 6) is 3.25. The van der Waals surface area contributed by atoms with Crippen LogP contribution in [0.1, 0.15) is 51.8 Å². The number of aliphatic hydroxyl groups is 1. The third-order valence-electron chi connectivity index (χ3n) is 4.58. The van der Waals surface area contributed by atoms with E-state index in [2.05, 4.69) is 41.4 Å². The first-order valence-electron chi connectivity index (χ1n) is 7.58. The number of aromatic nitrogens is 2. The molecule has 0 saturated heterocycles. The van der Waals surface area contributed by atoms with Crippen LogP contribution in [-0.2, 0) is 0 Å². The van der Waals surface area contributed by atoms with Crippen LogP contribution >= 0.6 is 0 Å². The molecule has 0 radical (unpaired) electrons. The number of hydrogen-bond donors (Lipinski definition) is 3. The van der Waals surface area contributed by atoms with E-state index in [-0.39, 0.29) is 17.6 Å². The van der Waals surface area contributed by atoms with E-state index < -0.39 is 0 Å². The molecule has 1 aromatic heterocycles. The molecule has 0 aromatic carbocycles. The molecule has 3 N–H and O–H groups in total. The van der Waals surface area contributed by atoms with E-state index in [1.165, 1.54) is 12.8 Å². The van der Waals surface area contributed by atoms with Gasteiger partial charge >= 0.3 is 0 Å². The summed E-state index contributed by atoms with van der Waals surface area (Å²) < 4.78 is 0. The summed E-state index contributed by atoms with van der Waals surface area (Å²) in [7, 11) is 0. The molecular weight excluding hydrogens is 252 g/mol. The first-order chi connectivity index (χ1) is 9.50. The standard InChI is InChI=1S/C15H24N4O/c1-4-16-12-8-13(19-14(18-12)9-5-6-9)17-10-7-11(20)15(10,2)3/h8-11,20H,4-7H2,1-3H3,(H2,16,17,18,19). The topological polar surface area (TPSA) is 70.1 Å². The van der Waals surface area contributed by atoms with Crippen molar-refractivity contribution in [3.8, 4) is 0 Å². The fourth-order valence-corrected chi connectivity index (χ4v) is 2.66. The van der Waals surface area contributed by atoms with Gasteiger partial charge in [0.25, 0.3) is 0 Å². The Labute approximate surface area is 120 Å². The quantitative estimate of drug-likeness (QED) is 0.770. The van der Waals surface area contributed by atoms with Gasteiger partial charge in [-0.1, -0.05) is 13.8 Å². The molecule has 2 fully saturated rings. The number of hydrogen-bond acceptors (Lipinski definition) is 5. The van der Waals surface area contributed by atoms with E-state index in [4.69, 9.17) is 0 Å². The van der Waals surface area contributed by atoms with Gasteiger partial charge in [-0.25, -0.2) is 9.97 Å². The zero-order valence-corrected chi connectivity index (χ0v) is 12.5. The van der Waals surface area contributed by atoms with Gasteiger partial charge < -0.3 is 15.7 Å². The van der Waals surface area contributed by atoms with Gasteiger partial charge in [-0.15, -0.1) is 0 Å². The summed E-state index contributed by atoms with van der Waals surface area (Å²) >= 11 is 0. The van der Waals surface area contributed by atoms with Crippen molar-refractivity contribution in [2.75, 3.05) is 17.2 Å². The highest BCUT2D eigenvalue weighted by Gasteiger charge is 2.47. The molecule has 1 aromatic rings. The van der Waals surface area contributed by atoms with Crippen molar-refractivity contribution in [2.24, 2.45) is 5.41 Å². The Kier molecular flexibility index (Phi) is 3.32. The first-order valence-corrected chi connectivity index (χ1v) is 7.58. The lowest BCUT2D eigenvalue weighted by Gasteiger charge is -2.49. The number of anilines is 2. The van der Waals surface area contributed by atoms with Gasteiger partial charge in [-0.05, 0) is 26.2 Å². The van der Waals surface area contributed by atoms with Gasteiger partial charge in [-0.3, -0.25) is 0 Å². The first kappa shape index (κ1) is 13.6. The van der Waals surface area contributed by atoms with Crippen molar-refractivity contribution < 1.29 is 5.11 Å². The number of nitrogens with one attached hydrogen (secondary N) is 2. The molecule has 0 spiro atoms. The van der Waals surface area contributed by atoms with E-state index in [1.807, 2.05) is 6.07 Å². The highest BCUT2D eigenvalue weighted by Crippen LogP contribution is 2.43. The average Bonchev–Trinajstić information content (AvgIpc) is 3.23. The number of rotatable bonds is 5. The van der Waals surface area contributed by atoms with Crippen molar-refractivity contribution >= 4 is 11.6 Å². The maximum atomic E-state index is 9.83. The lowest BCUT2D eigenvalue weighted by Crippen LogP contribution is -2.57. The van der Waals surface area contributed by atoms with Crippen LogP contribution in [-0.4, -0.2) is 33.8 Å². The Morgan fingerprint density at radius 1 is 1.30 bits per heavy atom.